The molecule has 0 bridgehead atoms. The maximum absolute atomic E-state index is 6.02. The quantitative estimate of drug-likeness (QED) is 0.357. The normalized spacial score (nSPS) is 11.4. The lowest BCUT2D eigenvalue weighted by Gasteiger charge is -2.25. The number of aryl methyl sites for hydroxylation is 1. The van der Waals surface area contributed by atoms with E-state index in [1.54, 1.807) is 0 Å². The standard InChI is InChI=1S/C24H24BrClO/c1-24(2,19-10-12-20(26)13-11-19)16-6-7-18-17-22(14-15-23(18)25)27-21-8-4-3-5-9-21/h3-5,8-15,17H,6-7,16H2,1-2H3. The van der Waals surface area contributed by atoms with Crippen molar-refractivity contribution in [1.29, 1.82) is 0 Å². The molecule has 0 fully saturated rings. The molecule has 0 saturated heterocycles. The van der Waals surface area contributed by atoms with Crippen molar-refractivity contribution in [2.24, 2.45) is 0 Å². The Hall–Kier alpha value is -1.77. The van der Waals surface area contributed by atoms with Gasteiger partial charge in [0.2, 0.25) is 0 Å². The summed E-state index contributed by atoms with van der Waals surface area (Å²) in [5, 5.41) is 0.786. The van der Waals surface area contributed by atoms with E-state index in [1.807, 2.05) is 48.5 Å². The summed E-state index contributed by atoms with van der Waals surface area (Å²) in [6.45, 7) is 4.58. The Balaban J connectivity index is 1.63. The summed E-state index contributed by atoms with van der Waals surface area (Å²) in [5.41, 5.74) is 2.72. The van der Waals surface area contributed by atoms with Crippen LogP contribution in [0.5, 0.6) is 11.5 Å². The number of para-hydroxylation sites is 1. The summed E-state index contributed by atoms with van der Waals surface area (Å²) in [4.78, 5) is 0. The van der Waals surface area contributed by atoms with Crippen LogP contribution in [0.25, 0.3) is 0 Å². The van der Waals surface area contributed by atoms with Gasteiger partial charge >= 0.3 is 0 Å². The summed E-state index contributed by atoms with van der Waals surface area (Å²) in [6, 6.07) is 24.3. The molecule has 0 saturated carbocycles. The molecule has 0 unspecified atom stereocenters. The molecule has 3 aromatic rings. The molecule has 0 aliphatic rings. The Kier molecular flexibility index (Phi) is 6.62. The van der Waals surface area contributed by atoms with Gasteiger partial charge in [0.05, 0.1) is 0 Å². The van der Waals surface area contributed by atoms with Gasteiger partial charge in [-0.25, -0.2) is 0 Å². The van der Waals surface area contributed by atoms with Gasteiger partial charge in [0.15, 0.2) is 0 Å². The van der Waals surface area contributed by atoms with E-state index in [2.05, 4.69) is 54.0 Å². The molecular weight excluding hydrogens is 420 g/mol. The van der Waals surface area contributed by atoms with E-state index in [1.165, 1.54) is 11.1 Å². The average Bonchev–Trinajstić information content (AvgIpc) is 2.65. The molecule has 0 radical (unpaired) electrons. The zero-order valence-corrected chi connectivity index (χ0v) is 18.1. The molecular formula is C24H24BrClO. The Morgan fingerprint density at radius 2 is 1.59 bits per heavy atom. The molecule has 0 heterocycles. The molecule has 0 amide bonds. The smallest absolute Gasteiger partial charge is 0.127 e. The lowest BCUT2D eigenvalue weighted by Crippen LogP contribution is -2.17. The van der Waals surface area contributed by atoms with Crippen LogP contribution in [0.3, 0.4) is 0 Å². The van der Waals surface area contributed by atoms with E-state index < -0.39 is 0 Å². The van der Waals surface area contributed by atoms with Crippen molar-refractivity contribution >= 4 is 27.5 Å². The Morgan fingerprint density at radius 3 is 2.30 bits per heavy atom. The monoisotopic (exact) mass is 442 g/mol. The van der Waals surface area contributed by atoms with Crippen molar-refractivity contribution < 1.29 is 4.74 Å². The maximum atomic E-state index is 6.02. The van der Waals surface area contributed by atoms with Crippen LogP contribution < -0.4 is 4.74 Å². The molecule has 0 spiro atoms. The minimum absolute atomic E-state index is 0.120. The average molecular weight is 444 g/mol. The third-order valence-corrected chi connectivity index (χ3v) is 5.90. The lowest BCUT2D eigenvalue weighted by atomic mass is 9.80. The molecule has 140 valence electrons. The number of rotatable bonds is 7. The molecule has 0 aromatic heterocycles. The highest BCUT2D eigenvalue weighted by Gasteiger charge is 2.20. The summed E-state index contributed by atoms with van der Waals surface area (Å²) in [6.07, 6.45) is 3.21. The van der Waals surface area contributed by atoms with Crippen molar-refractivity contribution in [3.05, 3.63) is 93.4 Å². The van der Waals surface area contributed by atoms with Gasteiger partial charge in [-0.2, -0.15) is 0 Å². The van der Waals surface area contributed by atoms with Gasteiger partial charge in [-0.1, -0.05) is 71.7 Å². The van der Waals surface area contributed by atoms with Gasteiger partial charge < -0.3 is 4.74 Å². The highest BCUT2D eigenvalue weighted by Crippen LogP contribution is 2.32. The predicted octanol–water partition coefficient (Wildman–Crippen LogP) is 8.20. The van der Waals surface area contributed by atoms with Crippen LogP contribution in [0.1, 0.15) is 37.8 Å². The topological polar surface area (TPSA) is 9.23 Å². The third kappa shape index (κ3) is 5.60. The molecule has 3 aromatic carbocycles. The SMILES string of the molecule is CC(C)(CCCc1cc(Oc2ccccc2)ccc1Br)c1ccc(Cl)cc1. The van der Waals surface area contributed by atoms with E-state index in [-0.39, 0.29) is 5.41 Å². The molecule has 3 rings (SSSR count). The second-order valence-electron chi connectivity index (χ2n) is 7.41. The Bertz CT molecular complexity index is 873. The number of hydrogen-bond donors (Lipinski definition) is 0. The van der Waals surface area contributed by atoms with Gasteiger partial charge in [0.25, 0.3) is 0 Å². The van der Waals surface area contributed by atoms with Crippen LogP contribution in [0, 0.1) is 0 Å². The summed E-state index contributed by atoms with van der Waals surface area (Å²) in [7, 11) is 0. The molecule has 27 heavy (non-hydrogen) atoms. The van der Waals surface area contributed by atoms with E-state index >= 15 is 0 Å². The largest absolute Gasteiger partial charge is 0.457 e. The van der Waals surface area contributed by atoms with Crippen molar-refractivity contribution in [2.75, 3.05) is 0 Å². The first kappa shape index (κ1) is 20.0. The van der Waals surface area contributed by atoms with Crippen LogP contribution in [0.15, 0.2) is 77.3 Å². The van der Waals surface area contributed by atoms with E-state index in [9.17, 15) is 0 Å². The molecule has 1 nitrogen and oxygen atoms in total. The number of hydrogen-bond acceptors (Lipinski definition) is 1. The third-order valence-electron chi connectivity index (χ3n) is 4.87. The fraction of sp³-hybridized carbons (Fsp3) is 0.250. The highest BCUT2D eigenvalue weighted by molar-refractivity contribution is 9.10. The fourth-order valence-corrected chi connectivity index (χ4v) is 3.77. The van der Waals surface area contributed by atoms with E-state index in [0.717, 1.165) is 40.3 Å². The maximum Gasteiger partial charge on any atom is 0.127 e. The van der Waals surface area contributed by atoms with Crippen LogP contribution in [0.4, 0.5) is 0 Å². The van der Waals surface area contributed by atoms with E-state index in [0.29, 0.717) is 0 Å². The van der Waals surface area contributed by atoms with Gasteiger partial charge in [-0.05, 0) is 78.3 Å². The van der Waals surface area contributed by atoms with Crippen molar-refractivity contribution in [2.45, 2.75) is 38.5 Å². The fourth-order valence-electron chi connectivity index (χ4n) is 3.20. The van der Waals surface area contributed by atoms with Gasteiger partial charge in [-0.15, -0.1) is 0 Å². The summed E-state index contributed by atoms with van der Waals surface area (Å²) in [5.74, 6) is 1.73. The predicted molar refractivity (Wildman–Crippen MR) is 118 cm³/mol. The lowest BCUT2D eigenvalue weighted by molar-refractivity contribution is 0.459. The zero-order valence-electron chi connectivity index (χ0n) is 15.7. The first-order valence-electron chi connectivity index (χ1n) is 9.21. The number of halogens is 2. The van der Waals surface area contributed by atoms with Crippen LogP contribution >= 0.6 is 27.5 Å². The van der Waals surface area contributed by atoms with Crippen molar-refractivity contribution in [3.8, 4) is 11.5 Å². The molecule has 0 aliphatic heterocycles. The van der Waals surface area contributed by atoms with Gasteiger partial charge in [0.1, 0.15) is 11.5 Å². The van der Waals surface area contributed by atoms with Gasteiger partial charge in [0, 0.05) is 9.50 Å². The number of ether oxygens (including phenoxy) is 1. The zero-order chi connectivity index (χ0) is 19.3. The number of benzene rings is 3. The second kappa shape index (κ2) is 8.95. The minimum atomic E-state index is 0.120. The van der Waals surface area contributed by atoms with Crippen LogP contribution in [-0.4, -0.2) is 0 Å². The first-order chi connectivity index (χ1) is 12.9. The Morgan fingerprint density at radius 1 is 0.889 bits per heavy atom. The van der Waals surface area contributed by atoms with Crippen molar-refractivity contribution in [1.82, 2.24) is 0 Å². The summed E-state index contributed by atoms with van der Waals surface area (Å²) < 4.78 is 7.10. The highest BCUT2D eigenvalue weighted by atomic mass is 79.9. The molecule has 0 N–H and O–H groups in total. The summed E-state index contributed by atoms with van der Waals surface area (Å²) >= 11 is 9.70. The van der Waals surface area contributed by atoms with Gasteiger partial charge in [-0.3, -0.25) is 0 Å². The second-order valence-corrected chi connectivity index (χ2v) is 8.70. The molecule has 3 heteroatoms. The molecule has 0 aliphatic carbocycles. The first-order valence-corrected chi connectivity index (χ1v) is 10.4. The van der Waals surface area contributed by atoms with Crippen molar-refractivity contribution in [3.63, 3.8) is 0 Å². The minimum Gasteiger partial charge on any atom is -0.457 e. The molecule has 0 atom stereocenters. The van der Waals surface area contributed by atoms with Crippen LogP contribution in [-0.2, 0) is 11.8 Å². The van der Waals surface area contributed by atoms with Crippen LogP contribution in [0.2, 0.25) is 5.02 Å². The Labute approximate surface area is 175 Å². The van der Waals surface area contributed by atoms with E-state index in [4.69, 9.17) is 16.3 Å².